The molecule has 0 radical (unpaired) electrons. The Morgan fingerprint density at radius 2 is 2.14 bits per heavy atom. The molecule has 1 N–H and O–H groups in total. The molecular weight excluding hydrogens is 204 g/mol. The average Bonchev–Trinajstić information content (AvgIpc) is 2.15. The minimum absolute atomic E-state index is 0.0508. The van der Waals surface area contributed by atoms with E-state index in [4.69, 9.17) is 4.74 Å². The Kier molecular flexibility index (Phi) is 3.76. The molecule has 4 nitrogen and oxygen atoms in total. The number of aryl methyl sites for hydroxylation is 1. The summed E-state index contributed by atoms with van der Waals surface area (Å²) in [6.07, 6.45) is 0.328. The predicted octanol–water partition coefficient (Wildman–Crippen LogP) is 0.555. The lowest BCUT2D eigenvalue weighted by Crippen LogP contribution is -1.94. The molecule has 0 aliphatic carbocycles. The van der Waals surface area contributed by atoms with Crippen molar-refractivity contribution in [3.05, 3.63) is 23.8 Å². The van der Waals surface area contributed by atoms with Crippen LogP contribution in [-0.2, 0) is 17.1 Å². The fourth-order valence-corrected chi connectivity index (χ4v) is 1.52. The van der Waals surface area contributed by atoms with E-state index in [0.717, 1.165) is 0 Å². The molecule has 78 valence electrons. The molecule has 1 rings (SSSR count). The van der Waals surface area contributed by atoms with Crippen LogP contribution in [-0.4, -0.2) is 26.4 Å². The van der Waals surface area contributed by atoms with E-state index >= 15 is 0 Å². The molecule has 0 aromatic heterocycles. The zero-order valence-corrected chi connectivity index (χ0v) is 8.66. The molecule has 0 unspecified atom stereocenters. The summed E-state index contributed by atoms with van der Waals surface area (Å²) in [7, 11) is -0.887. The Morgan fingerprint density at radius 1 is 1.43 bits per heavy atom. The maximum atomic E-state index is 10.3. The quantitative estimate of drug-likeness (QED) is 0.722. The van der Waals surface area contributed by atoms with E-state index in [1.165, 1.54) is 13.2 Å². The third-order valence-corrected chi connectivity index (χ3v) is 2.44. The van der Waals surface area contributed by atoms with Crippen molar-refractivity contribution in [2.24, 2.45) is 0 Å². The topological polar surface area (TPSA) is 63.6 Å². The van der Waals surface area contributed by atoms with E-state index in [9.17, 15) is 13.5 Å². The van der Waals surface area contributed by atoms with Gasteiger partial charge in [0.1, 0.15) is 22.2 Å². The number of benzene rings is 1. The fourth-order valence-electron chi connectivity index (χ4n) is 1.09. The first-order valence-corrected chi connectivity index (χ1v) is 5.47. The Bertz CT molecular complexity index is 376. The van der Waals surface area contributed by atoms with Crippen molar-refractivity contribution in [3.63, 3.8) is 0 Å². The highest BCUT2D eigenvalue weighted by Crippen LogP contribution is 2.23. The molecule has 0 amide bonds. The number of hydrogen-bond acceptors (Lipinski definition) is 4. The molecule has 0 aliphatic rings. The van der Waals surface area contributed by atoms with E-state index in [2.05, 4.69) is 0 Å². The highest BCUT2D eigenvalue weighted by molar-refractivity contribution is 7.72. The van der Waals surface area contributed by atoms with Crippen LogP contribution in [0, 0.1) is 0 Å². The maximum absolute atomic E-state index is 10.3. The van der Waals surface area contributed by atoms with Gasteiger partial charge in [0.2, 0.25) is 0 Å². The van der Waals surface area contributed by atoms with Gasteiger partial charge in [-0.15, -0.1) is 0 Å². The number of phenolic OH excluding ortho intramolecular Hbond substituents is 1. The van der Waals surface area contributed by atoms with Gasteiger partial charge in [0.05, 0.1) is 12.9 Å². The van der Waals surface area contributed by atoms with Crippen LogP contribution in [0.3, 0.4) is 0 Å². The summed E-state index contributed by atoms with van der Waals surface area (Å²) in [5, 5.41) is 9.46. The first-order chi connectivity index (χ1) is 6.63. The molecule has 1 aromatic carbocycles. The smallest absolute Gasteiger partial charge is 0.140 e. The standard InChI is InChI=1S/C9H12O4S/c1-13-8-3-2-7(9(10)6-8)4-5-14(11)12/h2-3,6,10,14H,4-5H2,1H3. The third-order valence-electron chi connectivity index (χ3n) is 1.86. The van der Waals surface area contributed by atoms with Gasteiger partial charge in [-0.3, -0.25) is 0 Å². The normalized spacial score (nSPS) is 10.4. The fraction of sp³-hybridized carbons (Fsp3) is 0.333. The van der Waals surface area contributed by atoms with Crippen molar-refractivity contribution in [3.8, 4) is 11.5 Å². The van der Waals surface area contributed by atoms with Crippen LogP contribution in [0.5, 0.6) is 11.5 Å². The summed E-state index contributed by atoms with van der Waals surface area (Å²) in [5.74, 6) is 0.675. The van der Waals surface area contributed by atoms with Crippen molar-refractivity contribution >= 4 is 10.7 Å². The maximum Gasteiger partial charge on any atom is 0.140 e. The number of phenols is 1. The van der Waals surface area contributed by atoms with Gasteiger partial charge in [0, 0.05) is 6.07 Å². The molecular formula is C9H12O4S. The predicted molar refractivity (Wildman–Crippen MR) is 53.5 cm³/mol. The van der Waals surface area contributed by atoms with Crippen molar-refractivity contribution in [1.82, 2.24) is 0 Å². The second-order valence-electron chi connectivity index (χ2n) is 2.80. The van der Waals surface area contributed by atoms with Gasteiger partial charge < -0.3 is 9.84 Å². The summed E-state index contributed by atoms with van der Waals surface area (Å²) in [4.78, 5) is 0. The second kappa shape index (κ2) is 4.85. The molecule has 0 heterocycles. The molecule has 0 spiro atoms. The number of aromatic hydroxyl groups is 1. The van der Waals surface area contributed by atoms with Gasteiger partial charge in [-0.05, 0) is 18.1 Å². The average molecular weight is 216 g/mol. The minimum Gasteiger partial charge on any atom is -0.508 e. The SMILES string of the molecule is COc1ccc(CC[SH](=O)=O)c(O)c1. The van der Waals surface area contributed by atoms with Gasteiger partial charge in [-0.1, -0.05) is 6.07 Å². The zero-order valence-electron chi connectivity index (χ0n) is 7.77. The lowest BCUT2D eigenvalue weighted by molar-refractivity contribution is 0.406. The second-order valence-corrected chi connectivity index (χ2v) is 3.91. The molecule has 0 bridgehead atoms. The Labute approximate surface area is 84.1 Å². The van der Waals surface area contributed by atoms with Crippen LogP contribution in [0.25, 0.3) is 0 Å². The number of thiol groups is 1. The van der Waals surface area contributed by atoms with E-state index in [1.807, 2.05) is 0 Å². The van der Waals surface area contributed by atoms with Crippen LogP contribution < -0.4 is 4.74 Å². The van der Waals surface area contributed by atoms with Crippen LogP contribution in [0.4, 0.5) is 0 Å². The number of rotatable bonds is 4. The molecule has 1 aromatic rings. The number of methoxy groups -OCH3 is 1. The van der Waals surface area contributed by atoms with Crippen molar-refractivity contribution < 1.29 is 18.3 Å². The first-order valence-electron chi connectivity index (χ1n) is 4.11. The van der Waals surface area contributed by atoms with Crippen LogP contribution in [0.15, 0.2) is 18.2 Å². The van der Waals surface area contributed by atoms with Crippen molar-refractivity contribution in [2.75, 3.05) is 12.9 Å². The van der Waals surface area contributed by atoms with E-state index in [0.29, 0.717) is 17.7 Å². The molecule has 0 aliphatic heterocycles. The van der Waals surface area contributed by atoms with Gasteiger partial charge >= 0.3 is 0 Å². The molecule has 5 heteroatoms. The lowest BCUT2D eigenvalue weighted by atomic mass is 10.1. The largest absolute Gasteiger partial charge is 0.508 e. The summed E-state index contributed by atoms with van der Waals surface area (Å²) in [5.41, 5.74) is 0.616. The van der Waals surface area contributed by atoms with Crippen LogP contribution >= 0.6 is 0 Å². The zero-order chi connectivity index (χ0) is 10.6. The van der Waals surface area contributed by atoms with Crippen molar-refractivity contribution in [1.29, 1.82) is 0 Å². The Balaban J connectivity index is 2.78. The van der Waals surface area contributed by atoms with E-state index < -0.39 is 10.7 Å². The van der Waals surface area contributed by atoms with Gasteiger partial charge in [-0.2, -0.15) is 0 Å². The lowest BCUT2D eigenvalue weighted by Gasteiger charge is -2.04. The van der Waals surface area contributed by atoms with Crippen LogP contribution in [0.2, 0.25) is 0 Å². The summed E-state index contributed by atoms with van der Waals surface area (Å²) < 4.78 is 25.6. The molecule has 0 saturated carbocycles. The van der Waals surface area contributed by atoms with Crippen LogP contribution in [0.1, 0.15) is 5.56 Å². The number of hydrogen-bond donors (Lipinski definition) is 2. The van der Waals surface area contributed by atoms with E-state index in [1.54, 1.807) is 12.1 Å². The Morgan fingerprint density at radius 3 is 2.64 bits per heavy atom. The minimum atomic E-state index is -2.39. The van der Waals surface area contributed by atoms with Gasteiger partial charge in [-0.25, -0.2) is 8.42 Å². The molecule has 0 fully saturated rings. The van der Waals surface area contributed by atoms with Gasteiger partial charge in [0.25, 0.3) is 0 Å². The molecule has 0 atom stereocenters. The molecule has 14 heavy (non-hydrogen) atoms. The van der Waals surface area contributed by atoms with E-state index in [-0.39, 0.29) is 11.5 Å². The Hall–Kier alpha value is -1.23. The third kappa shape index (κ3) is 2.92. The summed E-state index contributed by atoms with van der Waals surface area (Å²) >= 11 is 0. The number of ether oxygens (including phenoxy) is 1. The molecule has 0 saturated heterocycles. The van der Waals surface area contributed by atoms with Crippen molar-refractivity contribution in [2.45, 2.75) is 6.42 Å². The summed E-state index contributed by atoms with van der Waals surface area (Å²) in [6.45, 7) is 0. The first kappa shape index (κ1) is 10.8. The van der Waals surface area contributed by atoms with Gasteiger partial charge in [0.15, 0.2) is 0 Å². The highest BCUT2D eigenvalue weighted by atomic mass is 32.2. The monoisotopic (exact) mass is 216 g/mol. The summed E-state index contributed by atoms with van der Waals surface area (Å²) in [6, 6.07) is 4.81. The highest BCUT2D eigenvalue weighted by Gasteiger charge is 2.03.